The zero-order chi connectivity index (χ0) is 25.0. The number of amides is 2. The first kappa shape index (κ1) is 27.0. The van der Waals surface area contributed by atoms with Gasteiger partial charge in [-0.25, -0.2) is 0 Å². The number of hydrogen-bond acceptors (Lipinski definition) is 3. The lowest BCUT2D eigenvalue weighted by Gasteiger charge is -2.31. The summed E-state index contributed by atoms with van der Waals surface area (Å²) in [4.78, 5) is 27.5. The van der Waals surface area contributed by atoms with Crippen molar-refractivity contribution in [3.8, 4) is 5.75 Å². The number of carbonyl (C=O) groups excluding carboxylic acids is 2. The van der Waals surface area contributed by atoms with Crippen LogP contribution in [0.25, 0.3) is 0 Å². The van der Waals surface area contributed by atoms with Crippen molar-refractivity contribution < 1.29 is 14.3 Å². The number of benzene rings is 2. The third-order valence-electron chi connectivity index (χ3n) is 5.10. The van der Waals surface area contributed by atoms with E-state index in [-0.39, 0.29) is 30.4 Å². The number of rotatable bonds is 7. The Labute approximate surface area is 207 Å². The highest BCUT2D eigenvalue weighted by molar-refractivity contribution is 6.35. The molecule has 1 unspecified atom stereocenters. The zero-order valence-electron chi connectivity index (χ0n) is 20.5. The molecule has 0 aromatic heterocycles. The van der Waals surface area contributed by atoms with Gasteiger partial charge in [0.25, 0.3) is 5.91 Å². The van der Waals surface area contributed by atoms with Crippen LogP contribution in [0.1, 0.15) is 59.6 Å². The number of halogens is 2. The fourth-order valence-corrected chi connectivity index (χ4v) is 3.64. The van der Waals surface area contributed by atoms with E-state index in [1.165, 1.54) is 10.5 Å². The van der Waals surface area contributed by atoms with Crippen LogP contribution in [-0.4, -0.2) is 34.9 Å². The van der Waals surface area contributed by atoms with E-state index in [1.54, 1.807) is 25.1 Å². The SMILES string of the molecule is CC(C(=O)NC(C)(C)C)N(Cc1ccc(Cl)cc1Cl)C(=O)COc1ccc(C(C)(C)C)cc1. The minimum absolute atomic E-state index is 0.0266. The van der Waals surface area contributed by atoms with E-state index in [0.717, 1.165) is 0 Å². The summed E-state index contributed by atoms with van der Waals surface area (Å²) < 4.78 is 5.76. The van der Waals surface area contributed by atoms with E-state index >= 15 is 0 Å². The van der Waals surface area contributed by atoms with Gasteiger partial charge in [-0.05, 0) is 68.5 Å². The first-order valence-corrected chi connectivity index (χ1v) is 11.7. The molecule has 1 atom stereocenters. The molecular weight excluding hydrogens is 459 g/mol. The molecule has 2 aromatic rings. The second-order valence-electron chi connectivity index (χ2n) is 10.2. The largest absolute Gasteiger partial charge is 0.484 e. The predicted molar refractivity (Wildman–Crippen MR) is 135 cm³/mol. The van der Waals surface area contributed by atoms with Crippen molar-refractivity contribution in [3.05, 3.63) is 63.6 Å². The number of hydrogen-bond donors (Lipinski definition) is 1. The minimum Gasteiger partial charge on any atom is -0.484 e. The van der Waals surface area contributed by atoms with Crippen molar-refractivity contribution in [1.29, 1.82) is 0 Å². The van der Waals surface area contributed by atoms with Crippen LogP contribution in [0.3, 0.4) is 0 Å². The molecule has 33 heavy (non-hydrogen) atoms. The molecule has 2 rings (SSSR count). The third kappa shape index (κ3) is 8.24. The molecule has 2 aromatic carbocycles. The Balaban J connectivity index is 2.20. The number of ether oxygens (including phenoxy) is 1. The number of nitrogens with zero attached hydrogens (tertiary/aromatic N) is 1. The third-order valence-corrected chi connectivity index (χ3v) is 5.69. The smallest absolute Gasteiger partial charge is 0.261 e. The van der Waals surface area contributed by atoms with E-state index < -0.39 is 11.6 Å². The van der Waals surface area contributed by atoms with E-state index in [2.05, 4.69) is 26.1 Å². The van der Waals surface area contributed by atoms with Crippen LogP contribution < -0.4 is 10.1 Å². The molecule has 0 heterocycles. The van der Waals surface area contributed by atoms with E-state index in [9.17, 15) is 9.59 Å². The van der Waals surface area contributed by atoms with Gasteiger partial charge >= 0.3 is 0 Å². The molecule has 2 amide bonds. The molecule has 0 aliphatic carbocycles. The van der Waals surface area contributed by atoms with Gasteiger partial charge in [0.2, 0.25) is 5.91 Å². The Kier molecular flexibility index (Phi) is 8.83. The Morgan fingerprint density at radius 2 is 1.61 bits per heavy atom. The summed E-state index contributed by atoms with van der Waals surface area (Å²) in [5.41, 5.74) is 1.47. The fraction of sp³-hybridized carbons (Fsp3) is 0.462. The lowest BCUT2D eigenvalue weighted by molar-refractivity contribution is -0.142. The molecule has 0 radical (unpaired) electrons. The zero-order valence-corrected chi connectivity index (χ0v) is 22.0. The molecule has 180 valence electrons. The second kappa shape index (κ2) is 10.8. The molecule has 7 heteroatoms. The molecule has 0 saturated carbocycles. The average Bonchev–Trinajstić information content (AvgIpc) is 2.69. The maximum Gasteiger partial charge on any atom is 0.261 e. The van der Waals surface area contributed by atoms with Gasteiger partial charge in [0.15, 0.2) is 6.61 Å². The molecule has 0 aliphatic heterocycles. The van der Waals surface area contributed by atoms with E-state index in [0.29, 0.717) is 21.4 Å². The van der Waals surface area contributed by atoms with Gasteiger partial charge < -0.3 is 15.0 Å². The molecule has 0 saturated heterocycles. The molecule has 1 N–H and O–H groups in total. The predicted octanol–water partition coefficient (Wildman–Crippen LogP) is 6.00. The first-order chi connectivity index (χ1) is 15.2. The van der Waals surface area contributed by atoms with Crippen molar-refractivity contribution in [2.75, 3.05) is 6.61 Å². The van der Waals surface area contributed by atoms with Gasteiger partial charge in [-0.1, -0.05) is 62.2 Å². The maximum atomic E-state index is 13.2. The molecule has 0 bridgehead atoms. The Hall–Kier alpha value is -2.24. The van der Waals surface area contributed by atoms with Crippen molar-refractivity contribution in [2.45, 2.75) is 72.0 Å². The Bertz CT molecular complexity index is 977. The number of carbonyl (C=O) groups is 2. The van der Waals surface area contributed by atoms with Gasteiger partial charge in [-0.2, -0.15) is 0 Å². The van der Waals surface area contributed by atoms with Crippen molar-refractivity contribution in [2.24, 2.45) is 0 Å². The molecule has 0 aliphatic rings. The lowest BCUT2D eigenvalue weighted by atomic mass is 9.87. The second-order valence-corrected chi connectivity index (χ2v) is 11.1. The van der Waals surface area contributed by atoms with Crippen molar-refractivity contribution in [3.63, 3.8) is 0 Å². The van der Waals surface area contributed by atoms with E-state index in [4.69, 9.17) is 27.9 Å². The topological polar surface area (TPSA) is 58.6 Å². The summed E-state index contributed by atoms with van der Waals surface area (Å²) in [6.07, 6.45) is 0. The van der Waals surface area contributed by atoms with Crippen LogP contribution in [0.2, 0.25) is 10.0 Å². The average molecular weight is 493 g/mol. The molecule has 5 nitrogen and oxygen atoms in total. The first-order valence-electron chi connectivity index (χ1n) is 11.0. The fourth-order valence-electron chi connectivity index (χ4n) is 3.17. The normalized spacial score (nSPS) is 12.8. The Morgan fingerprint density at radius 1 is 1.00 bits per heavy atom. The summed E-state index contributed by atoms with van der Waals surface area (Å²) in [6, 6.07) is 12.0. The highest BCUT2D eigenvalue weighted by Gasteiger charge is 2.29. The van der Waals surface area contributed by atoms with Crippen molar-refractivity contribution >= 4 is 35.0 Å². The van der Waals surface area contributed by atoms with Gasteiger partial charge in [0.05, 0.1) is 0 Å². The summed E-state index contributed by atoms with van der Waals surface area (Å²) in [5.74, 6) is 0.0144. The summed E-state index contributed by atoms with van der Waals surface area (Å²) in [6.45, 7) is 13.7. The van der Waals surface area contributed by atoms with Crippen LogP contribution >= 0.6 is 23.2 Å². The summed E-state index contributed by atoms with van der Waals surface area (Å²) in [5, 5.41) is 3.86. The standard InChI is InChI=1S/C26H34Cl2N2O3/c1-17(24(32)29-26(5,6)7)30(15-18-8-11-20(27)14-22(18)28)23(31)16-33-21-12-9-19(10-13-21)25(2,3)4/h8-14,17H,15-16H2,1-7H3,(H,29,32). The maximum absolute atomic E-state index is 13.2. The van der Waals surface area contributed by atoms with Crippen LogP contribution in [0.15, 0.2) is 42.5 Å². The van der Waals surface area contributed by atoms with Gasteiger partial charge in [-0.15, -0.1) is 0 Å². The van der Waals surface area contributed by atoms with E-state index in [1.807, 2.05) is 45.0 Å². The van der Waals surface area contributed by atoms with Crippen LogP contribution in [0.5, 0.6) is 5.75 Å². The molecule has 0 fully saturated rings. The van der Waals surface area contributed by atoms with Gasteiger partial charge in [-0.3, -0.25) is 9.59 Å². The monoisotopic (exact) mass is 492 g/mol. The van der Waals surface area contributed by atoms with Gasteiger partial charge in [0, 0.05) is 22.1 Å². The highest BCUT2D eigenvalue weighted by atomic mass is 35.5. The van der Waals surface area contributed by atoms with Crippen LogP contribution in [-0.2, 0) is 21.5 Å². The lowest BCUT2D eigenvalue weighted by Crippen LogP contribution is -2.53. The summed E-state index contributed by atoms with van der Waals surface area (Å²) >= 11 is 12.3. The highest BCUT2D eigenvalue weighted by Crippen LogP contribution is 2.25. The van der Waals surface area contributed by atoms with Crippen molar-refractivity contribution in [1.82, 2.24) is 10.2 Å². The molecular formula is C26H34Cl2N2O3. The quantitative estimate of drug-likeness (QED) is 0.515. The summed E-state index contributed by atoms with van der Waals surface area (Å²) in [7, 11) is 0. The minimum atomic E-state index is -0.727. The van der Waals surface area contributed by atoms with Crippen LogP contribution in [0.4, 0.5) is 0 Å². The number of nitrogens with one attached hydrogen (secondary N) is 1. The molecule has 0 spiro atoms. The van der Waals surface area contributed by atoms with Gasteiger partial charge in [0.1, 0.15) is 11.8 Å². The van der Waals surface area contributed by atoms with Crippen LogP contribution in [0, 0.1) is 0 Å². The Morgan fingerprint density at radius 3 is 2.12 bits per heavy atom.